The number of nitrogens with two attached hydrogens (primary N) is 1. The molecule has 11 nitrogen and oxygen atoms in total. The summed E-state index contributed by atoms with van der Waals surface area (Å²) in [5, 5.41) is 9.21. The van der Waals surface area contributed by atoms with Crippen LogP contribution in [0.4, 0.5) is 0 Å². The van der Waals surface area contributed by atoms with E-state index >= 15 is 0 Å². The number of aliphatic imine (C=N–C) groups is 2. The summed E-state index contributed by atoms with van der Waals surface area (Å²) in [5.74, 6) is 2.50. The number of amides is 1. The highest BCUT2D eigenvalue weighted by Gasteiger charge is 2.25. The first kappa shape index (κ1) is 39.6. The van der Waals surface area contributed by atoms with Gasteiger partial charge in [0.25, 0.3) is 0 Å². The zero-order valence-electron chi connectivity index (χ0n) is 31.0. The van der Waals surface area contributed by atoms with E-state index in [-0.39, 0.29) is 18.4 Å². The number of primary amides is 1. The van der Waals surface area contributed by atoms with Crippen LogP contribution in [0.3, 0.4) is 0 Å². The molecule has 4 N–H and O–H groups in total. The summed E-state index contributed by atoms with van der Waals surface area (Å²) in [4.78, 5) is 29.8. The molecule has 1 amide bonds. The highest BCUT2D eigenvalue weighted by Crippen LogP contribution is 2.30. The van der Waals surface area contributed by atoms with Gasteiger partial charge in [0.2, 0.25) is 18.3 Å². The van der Waals surface area contributed by atoms with E-state index in [1.807, 2.05) is 24.2 Å². The van der Waals surface area contributed by atoms with Crippen molar-refractivity contribution in [2.75, 3.05) is 61.5 Å². The zero-order chi connectivity index (χ0) is 36.6. The monoisotopic (exact) mass is 681 g/mol. The first-order valence-electron chi connectivity index (χ1n) is 16.9. The Bertz CT molecular complexity index is 1690. The summed E-state index contributed by atoms with van der Waals surface area (Å²) < 4.78 is 5.73. The van der Waals surface area contributed by atoms with Crippen LogP contribution < -0.4 is 16.4 Å². The smallest absolute Gasteiger partial charge is 0.206 e. The molecule has 1 unspecified atom stereocenters. The van der Waals surface area contributed by atoms with Crippen molar-refractivity contribution in [1.29, 1.82) is 0 Å². The third kappa shape index (κ3) is 11.1. The number of carbonyl (C=O) groups excluding carboxylic acids is 1. The number of guanidine groups is 2. The number of benzene rings is 2. The van der Waals surface area contributed by atoms with Crippen molar-refractivity contribution in [3.63, 3.8) is 0 Å². The normalized spacial score (nSPS) is 16.5. The summed E-state index contributed by atoms with van der Waals surface area (Å²) in [6.07, 6.45) is 8.37. The lowest BCUT2D eigenvalue weighted by atomic mass is 9.98. The third-order valence-electron chi connectivity index (χ3n) is 8.32. The van der Waals surface area contributed by atoms with E-state index in [1.54, 1.807) is 7.11 Å². The standard InChI is InChI=1S/C38H52N8O.CH3NO/c1-10-32(27(3)4)36-42-37(40-25-31(47-9)26-45(7)11-2)43-38(46(36)8)41-24-30-16-12-13-17-33(30)35-34-19-18-28(15-14-22-44(5)6)23-29(34)20-21-39-35;2-1-3/h10,12-21,23,27,31H,1,11,22,24-26H2,2-9H3,(H2,40,41,42,43);1H,(H2,2,3)/b15-14+,36-32+;. The molecule has 1 fully saturated rings. The van der Waals surface area contributed by atoms with Gasteiger partial charge in [0.05, 0.1) is 24.9 Å². The number of hydrogen-bond donors (Lipinski definition) is 3. The lowest BCUT2D eigenvalue weighted by molar-refractivity contribution is -0.106. The predicted molar refractivity (Wildman–Crippen MR) is 209 cm³/mol. The van der Waals surface area contributed by atoms with Gasteiger partial charge in [-0.3, -0.25) is 15.1 Å². The lowest BCUT2D eigenvalue weighted by Crippen LogP contribution is -2.56. The van der Waals surface area contributed by atoms with Gasteiger partial charge < -0.3 is 30.5 Å². The number of allylic oxidation sites excluding steroid dienone is 2. The minimum Gasteiger partial charge on any atom is -0.378 e. The van der Waals surface area contributed by atoms with Crippen molar-refractivity contribution in [2.45, 2.75) is 33.4 Å². The molecule has 1 aliphatic heterocycles. The minimum absolute atomic E-state index is 0.0299. The van der Waals surface area contributed by atoms with Gasteiger partial charge in [-0.25, -0.2) is 9.98 Å². The maximum absolute atomic E-state index is 8.58. The molecule has 1 aliphatic rings. The van der Waals surface area contributed by atoms with Gasteiger partial charge >= 0.3 is 0 Å². The number of nitrogens with zero attached hydrogens (tertiary/aromatic N) is 6. The number of pyridine rings is 1. The van der Waals surface area contributed by atoms with Crippen molar-refractivity contribution >= 4 is 35.2 Å². The van der Waals surface area contributed by atoms with Crippen LogP contribution in [0.15, 0.2) is 94.8 Å². The van der Waals surface area contributed by atoms with E-state index in [1.165, 1.54) is 5.56 Å². The van der Waals surface area contributed by atoms with Gasteiger partial charge in [0, 0.05) is 44.4 Å². The Morgan fingerprint density at radius 3 is 2.52 bits per heavy atom. The van der Waals surface area contributed by atoms with Crippen LogP contribution in [-0.4, -0.2) is 106 Å². The summed E-state index contributed by atoms with van der Waals surface area (Å²) >= 11 is 0. The van der Waals surface area contributed by atoms with Crippen molar-refractivity contribution in [2.24, 2.45) is 21.6 Å². The molecule has 50 heavy (non-hydrogen) atoms. The van der Waals surface area contributed by atoms with Crippen LogP contribution in [-0.2, 0) is 16.1 Å². The zero-order valence-corrected chi connectivity index (χ0v) is 31.0. The van der Waals surface area contributed by atoms with Crippen molar-refractivity contribution < 1.29 is 9.53 Å². The molecule has 0 spiro atoms. The molecule has 1 atom stereocenters. The number of aromatic nitrogens is 1. The summed E-state index contributed by atoms with van der Waals surface area (Å²) in [6, 6.07) is 17.0. The summed E-state index contributed by atoms with van der Waals surface area (Å²) in [5.41, 5.74) is 9.53. The number of likely N-dealkylation sites (N-methyl/N-ethyl adjacent to an activating group) is 2. The van der Waals surface area contributed by atoms with E-state index in [0.29, 0.717) is 25.0 Å². The molecule has 2 heterocycles. The van der Waals surface area contributed by atoms with Gasteiger partial charge in [-0.1, -0.05) is 82.0 Å². The second kappa shape index (κ2) is 20.0. The maximum Gasteiger partial charge on any atom is 0.206 e. The number of fused-ring (bicyclic) bond motifs is 1. The minimum atomic E-state index is -0.0299. The highest BCUT2D eigenvalue weighted by molar-refractivity contribution is 6.03. The molecule has 0 bridgehead atoms. The van der Waals surface area contributed by atoms with Gasteiger partial charge in [-0.2, -0.15) is 0 Å². The molecular formula is C39H55N9O2. The first-order valence-corrected chi connectivity index (χ1v) is 16.9. The molecule has 2 aromatic carbocycles. The molecule has 0 radical (unpaired) electrons. The van der Waals surface area contributed by atoms with E-state index in [4.69, 9.17) is 24.5 Å². The third-order valence-corrected chi connectivity index (χ3v) is 8.32. The van der Waals surface area contributed by atoms with Crippen molar-refractivity contribution in [1.82, 2.24) is 30.3 Å². The number of methoxy groups -OCH3 is 1. The van der Waals surface area contributed by atoms with Crippen LogP contribution >= 0.6 is 0 Å². The molecule has 0 saturated carbocycles. The molecule has 0 aliphatic carbocycles. The van der Waals surface area contributed by atoms with Gasteiger partial charge in [-0.05, 0) is 67.8 Å². The quantitative estimate of drug-likeness (QED) is 0.205. The number of hydrogen-bond acceptors (Lipinski definition) is 7. The Labute approximate surface area is 298 Å². The van der Waals surface area contributed by atoms with Gasteiger partial charge in [-0.15, -0.1) is 0 Å². The molecule has 1 aromatic heterocycles. The fraction of sp³-hybridized carbons (Fsp3) is 0.385. The molecule has 268 valence electrons. The van der Waals surface area contributed by atoms with Crippen LogP contribution in [0.5, 0.6) is 0 Å². The molecule has 11 heteroatoms. The second-order valence-corrected chi connectivity index (χ2v) is 12.6. The van der Waals surface area contributed by atoms with E-state index in [2.05, 4.69) is 135 Å². The highest BCUT2D eigenvalue weighted by atomic mass is 16.5. The molecule has 3 aromatic rings. The SMILES string of the molecule is C=C/C(=C1/NC(=NCC(CN(C)CC)OC)NC(=NCc2ccccc2-c2nccc3cc(/C=C/CN(C)C)ccc23)N1C)C(C)C.NC=O. The summed E-state index contributed by atoms with van der Waals surface area (Å²) in [6.45, 7) is 14.2. The number of ether oxygens (including phenoxy) is 1. The van der Waals surface area contributed by atoms with E-state index in [0.717, 1.165) is 58.6 Å². The Morgan fingerprint density at radius 2 is 1.86 bits per heavy atom. The fourth-order valence-electron chi connectivity index (χ4n) is 5.46. The second-order valence-electron chi connectivity index (χ2n) is 12.6. The topological polar surface area (TPSA) is 124 Å². The molecule has 4 rings (SSSR count). The van der Waals surface area contributed by atoms with Crippen LogP contribution in [0.1, 0.15) is 31.9 Å². The Morgan fingerprint density at radius 1 is 1.12 bits per heavy atom. The average molecular weight is 682 g/mol. The van der Waals surface area contributed by atoms with Gasteiger partial charge in [0.15, 0.2) is 0 Å². The van der Waals surface area contributed by atoms with Crippen molar-refractivity contribution in [3.05, 3.63) is 96.0 Å². The number of rotatable bonds is 14. The maximum atomic E-state index is 8.58. The van der Waals surface area contributed by atoms with Crippen LogP contribution in [0.2, 0.25) is 0 Å². The largest absolute Gasteiger partial charge is 0.378 e. The average Bonchev–Trinajstić information content (AvgIpc) is 3.10. The van der Waals surface area contributed by atoms with E-state index in [9.17, 15) is 0 Å². The van der Waals surface area contributed by atoms with Crippen LogP contribution in [0.25, 0.3) is 28.1 Å². The van der Waals surface area contributed by atoms with E-state index < -0.39 is 0 Å². The summed E-state index contributed by atoms with van der Waals surface area (Å²) in [7, 11) is 9.97. The Balaban J connectivity index is 0.00000217. The van der Waals surface area contributed by atoms with Crippen molar-refractivity contribution in [3.8, 4) is 11.3 Å². The fourth-order valence-corrected chi connectivity index (χ4v) is 5.46. The Hall–Kier alpha value is -4.84. The molecular weight excluding hydrogens is 626 g/mol. The first-order chi connectivity index (χ1) is 24.1. The van der Waals surface area contributed by atoms with Crippen LogP contribution in [0, 0.1) is 5.92 Å². The number of nitrogens with one attached hydrogen (secondary N) is 2. The lowest BCUT2D eigenvalue weighted by Gasteiger charge is -2.34. The molecule has 1 saturated heterocycles. The van der Waals surface area contributed by atoms with Gasteiger partial charge in [0.1, 0.15) is 5.82 Å². The Kier molecular flexibility index (Phi) is 15.8. The predicted octanol–water partition coefficient (Wildman–Crippen LogP) is 4.94. The number of carbonyl (C=O) groups is 1.